The minimum atomic E-state index is -1.59. The SMILES string of the molecule is C=Cc1ccccc1C(O)C(O)C(=O)OC. The van der Waals surface area contributed by atoms with Crippen LogP contribution in [0.15, 0.2) is 30.8 Å². The molecule has 1 rings (SSSR count). The average Bonchev–Trinajstić information content (AvgIpc) is 2.35. The van der Waals surface area contributed by atoms with Crippen molar-refractivity contribution in [1.82, 2.24) is 0 Å². The number of benzene rings is 1. The van der Waals surface area contributed by atoms with Crippen LogP contribution in [-0.4, -0.2) is 29.4 Å². The van der Waals surface area contributed by atoms with Crippen LogP contribution in [0, 0.1) is 0 Å². The Labute approximate surface area is 93.8 Å². The van der Waals surface area contributed by atoms with Crippen molar-refractivity contribution in [3.63, 3.8) is 0 Å². The first kappa shape index (κ1) is 12.4. The first-order chi connectivity index (χ1) is 7.61. The van der Waals surface area contributed by atoms with E-state index in [-0.39, 0.29) is 0 Å². The van der Waals surface area contributed by atoms with Crippen LogP contribution >= 0.6 is 0 Å². The summed E-state index contributed by atoms with van der Waals surface area (Å²) >= 11 is 0. The molecule has 2 N–H and O–H groups in total. The number of carbonyl (C=O) groups is 1. The molecular weight excluding hydrogens is 208 g/mol. The Bertz CT molecular complexity index is 386. The van der Waals surface area contributed by atoms with Crippen LogP contribution in [0.3, 0.4) is 0 Å². The predicted molar refractivity (Wildman–Crippen MR) is 59.5 cm³/mol. The molecule has 0 fully saturated rings. The normalized spacial score (nSPS) is 13.9. The van der Waals surface area contributed by atoms with Crippen LogP contribution in [-0.2, 0) is 9.53 Å². The highest BCUT2D eigenvalue weighted by Crippen LogP contribution is 2.22. The van der Waals surface area contributed by atoms with Gasteiger partial charge in [-0.2, -0.15) is 0 Å². The summed E-state index contributed by atoms with van der Waals surface area (Å²) in [5.74, 6) is -0.869. The van der Waals surface area contributed by atoms with E-state index in [2.05, 4.69) is 11.3 Å². The molecule has 2 unspecified atom stereocenters. The number of carbonyl (C=O) groups excluding carboxylic acids is 1. The van der Waals surface area contributed by atoms with Crippen molar-refractivity contribution >= 4 is 12.0 Å². The third-order valence-corrected chi connectivity index (χ3v) is 2.28. The number of aliphatic hydroxyl groups is 2. The van der Waals surface area contributed by atoms with Gasteiger partial charge in [0.2, 0.25) is 0 Å². The van der Waals surface area contributed by atoms with Gasteiger partial charge in [-0.3, -0.25) is 0 Å². The van der Waals surface area contributed by atoms with Gasteiger partial charge in [-0.15, -0.1) is 0 Å². The van der Waals surface area contributed by atoms with Crippen LogP contribution in [0.25, 0.3) is 6.08 Å². The van der Waals surface area contributed by atoms with Crippen molar-refractivity contribution in [3.8, 4) is 0 Å². The molecule has 0 bridgehead atoms. The molecule has 1 aromatic carbocycles. The van der Waals surface area contributed by atoms with Gasteiger partial charge in [-0.1, -0.05) is 36.9 Å². The van der Waals surface area contributed by atoms with E-state index >= 15 is 0 Å². The molecule has 1 aromatic rings. The van der Waals surface area contributed by atoms with Crippen LogP contribution < -0.4 is 0 Å². The lowest BCUT2D eigenvalue weighted by atomic mass is 9.99. The second-order valence-corrected chi connectivity index (χ2v) is 3.25. The molecule has 4 heteroatoms. The molecule has 86 valence electrons. The smallest absolute Gasteiger partial charge is 0.337 e. The van der Waals surface area contributed by atoms with E-state index in [9.17, 15) is 15.0 Å². The lowest BCUT2D eigenvalue weighted by Crippen LogP contribution is -2.29. The molecule has 0 radical (unpaired) electrons. The molecule has 0 aliphatic rings. The molecule has 0 aromatic heterocycles. The third-order valence-electron chi connectivity index (χ3n) is 2.28. The van der Waals surface area contributed by atoms with E-state index in [4.69, 9.17) is 0 Å². The highest BCUT2D eigenvalue weighted by molar-refractivity contribution is 5.75. The van der Waals surface area contributed by atoms with E-state index < -0.39 is 18.2 Å². The minimum Gasteiger partial charge on any atom is -0.467 e. The number of ether oxygens (including phenoxy) is 1. The Kier molecular flexibility index (Phi) is 4.22. The number of aliphatic hydroxyl groups excluding tert-OH is 2. The van der Waals surface area contributed by atoms with Gasteiger partial charge in [0.25, 0.3) is 0 Å². The van der Waals surface area contributed by atoms with E-state index in [1.165, 1.54) is 0 Å². The number of hydrogen-bond donors (Lipinski definition) is 2. The zero-order chi connectivity index (χ0) is 12.1. The number of methoxy groups -OCH3 is 1. The van der Waals surface area contributed by atoms with Gasteiger partial charge in [0, 0.05) is 0 Å². The van der Waals surface area contributed by atoms with Gasteiger partial charge in [-0.05, 0) is 11.1 Å². The second kappa shape index (κ2) is 5.44. The van der Waals surface area contributed by atoms with Crippen molar-refractivity contribution in [1.29, 1.82) is 0 Å². The lowest BCUT2D eigenvalue weighted by molar-refractivity contribution is -0.156. The molecule has 4 nitrogen and oxygen atoms in total. The summed E-state index contributed by atoms with van der Waals surface area (Å²) in [6.45, 7) is 3.59. The summed E-state index contributed by atoms with van der Waals surface area (Å²) in [6.07, 6.45) is -1.37. The van der Waals surface area contributed by atoms with Gasteiger partial charge >= 0.3 is 5.97 Å². The number of esters is 1. The maximum Gasteiger partial charge on any atom is 0.337 e. The highest BCUT2D eigenvalue weighted by atomic mass is 16.5. The van der Waals surface area contributed by atoms with Gasteiger partial charge in [-0.25, -0.2) is 4.79 Å². The molecule has 0 saturated heterocycles. The Balaban J connectivity index is 2.99. The fraction of sp³-hybridized carbons (Fsp3) is 0.250. The third kappa shape index (κ3) is 2.48. The zero-order valence-corrected chi connectivity index (χ0v) is 8.96. The molecule has 2 atom stereocenters. The molecule has 0 spiro atoms. The maximum atomic E-state index is 11.1. The average molecular weight is 222 g/mol. The molecule has 0 aliphatic carbocycles. The van der Waals surface area contributed by atoms with Crippen molar-refractivity contribution in [2.75, 3.05) is 7.11 Å². The fourth-order valence-corrected chi connectivity index (χ4v) is 1.39. The van der Waals surface area contributed by atoms with E-state index in [1.54, 1.807) is 30.3 Å². The molecule has 0 amide bonds. The highest BCUT2D eigenvalue weighted by Gasteiger charge is 2.27. The van der Waals surface area contributed by atoms with Crippen LogP contribution in [0.1, 0.15) is 17.2 Å². The van der Waals surface area contributed by atoms with Crippen LogP contribution in [0.5, 0.6) is 0 Å². The molecule has 0 aliphatic heterocycles. The molecule has 16 heavy (non-hydrogen) atoms. The van der Waals surface area contributed by atoms with Crippen molar-refractivity contribution < 1.29 is 19.7 Å². The molecule has 0 saturated carbocycles. The van der Waals surface area contributed by atoms with E-state index in [0.29, 0.717) is 11.1 Å². The van der Waals surface area contributed by atoms with Gasteiger partial charge in [0.05, 0.1) is 7.11 Å². The van der Waals surface area contributed by atoms with Crippen LogP contribution in [0.4, 0.5) is 0 Å². The summed E-state index contributed by atoms with van der Waals surface area (Å²) < 4.78 is 4.35. The summed E-state index contributed by atoms with van der Waals surface area (Å²) in [6, 6.07) is 6.83. The van der Waals surface area contributed by atoms with Crippen molar-refractivity contribution in [2.45, 2.75) is 12.2 Å². The Morgan fingerprint density at radius 1 is 1.44 bits per heavy atom. The molecule has 0 heterocycles. The summed E-state index contributed by atoms with van der Waals surface area (Å²) in [4.78, 5) is 11.1. The largest absolute Gasteiger partial charge is 0.467 e. The first-order valence-corrected chi connectivity index (χ1v) is 4.77. The van der Waals surface area contributed by atoms with Crippen molar-refractivity contribution in [2.24, 2.45) is 0 Å². The van der Waals surface area contributed by atoms with E-state index in [0.717, 1.165) is 7.11 Å². The Hall–Kier alpha value is -1.65. The lowest BCUT2D eigenvalue weighted by Gasteiger charge is -2.17. The zero-order valence-electron chi connectivity index (χ0n) is 8.96. The first-order valence-electron chi connectivity index (χ1n) is 4.77. The Morgan fingerprint density at radius 3 is 2.62 bits per heavy atom. The molecular formula is C12H14O4. The van der Waals surface area contributed by atoms with Crippen LogP contribution in [0.2, 0.25) is 0 Å². The Morgan fingerprint density at radius 2 is 2.06 bits per heavy atom. The minimum absolute atomic E-state index is 0.440. The standard InChI is InChI=1S/C12H14O4/c1-3-8-6-4-5-7-9(8)10(13)11(14)12(15)16-2/h3-7,10-11,13-14H,1H2,2H3. The predicted octanol–water partition coefficient (Wildman–Crippen LogP) is 0.897. The monoisotopic (exact) mass is 222 g/mol. The summed E-state index contributed by atoms with van der Waals surface area (Å²) in [7, 11) is 1.15. The second-order valence-electron chi connectivity index (χ2n) is 3.25. The van der Waals surface area contributed by atoms with Gasteiger partial charge in [0.15, 0.2) is 6.10 Å². The topological polar surface area (TPSA) is 66.8 Å². The maximum absolute atomic E-state index is 11.1. The fourth-order valence-electron chi connectivity index (χ4n) is 1.39. The van der Waals surface area contributed by atoms with Gasteiger partial charge < -0.3 is 14.9 Å². The van der Waals surface area contributed by atoms with Crippen molar-refractivity contribution in [3.05, 3.63) is 42.0 Å². The van der Waals surface area contributed by atoms with Gasteiger partial charge in [0.1, 0.15) is 6.10 Å². The number of rotatable bonds is 4. The quantitative estimate of drug-likeness (QED) is 0.743. The number of hydrogen-bond acceptors (Lipinski definition) is 4. The van der Waals surface area contributed by atoms with E-state index in [1.807, 2.05) is 0 Å². The summed E-state index contributed by atoms with van der Waals surface area (Å²) in [5, 5.41) is 19.3. The summed E-state index contributed by atoms with van der Waals surface area (Å²) in [5.41, 5.74) is 1.10.